The van der Waals surface area contributed by atoms with Gasteiger partial charge in [0, 0.05) is 18.7 Å². The summed E-state index contributed by atoms with van der Waals surface area (Å²) in [5.41, 5.74) is 7.98. The fourth-order valence-corrected chi connectivity index (χ4v) is 4.82. The lowest BCUT2D eigenvalue weighted by atomic mass is 9.77. The van der Waals surface area contributed by atoms with Crippen molar-refractivity contribution in [3.05, 3.63) is 77.7 Å². The predicted octanol–water partition coefficient (Wildman–Crippen LogP) is 3.24. The van der Waals surface area contributed by atoms with Crippen molar-refractivity contribution in [3.63, 3.8) is 0 Å². The molecule has 0 saturated carbocycles. The number of rotatable bonds is 7. The van der Waals surface area contributed by atoms with Gasteiger partial charge in [0.15, 0.2) is 0 Å². The third kappa shape index (κ3) is 4.41. The molecule has 2 N–H and O–H groups in total. The Morgan fingerprint density at radius 1 is 0.967 bits per heavy atom. The van der Waals surface area contributed by atoms with Crippen molar-refractivity contribution in [2.45, 2.75) is 32.2 Å². The second kappa shape index (κ2) is 9.00. The van der Waals surface area contributed by atoms with Gasteiger partial charge in [0.2, 0.25) is 11.8 Å². The molecule has 4 rings (SSSR count). The average Bonchev–Trinajstić information content (AvgIpc) is 3.06. The van der Waals surface area contributed by atoms with E-state index in [9.17, 15) is 9.59 Å². The zero-order valence-electron chi connectivity index (χ0n) is 17.4. The van der Waals surface area contributed by atoms with Gasteiger partial charge < -0.3 is 15.5 Å². The molecule has 2 aliphatic heterocycles. The summed E-state index contributed by atoms with van der Waals surface area (Å²) in [6.45, 7) is 4.43. The number of hydrogen-bond acceptors (Lipinski definition) is 3. The van der Waals surface area contributed by atoms with Crippen LogP contribution in [0.15, 0.2) is 54.6 Å². The van der Waals surface area contributed by atoms with Crippen molar-refractivity contribution in [2.75, 3.05) is 26.2 Å². The zero-order chi connectivity index (χ0) is 21.0. The lowest BCUT2D eigenvalue weighted by Crippen LogP contribution is -2.44. The average molecular weight is 405 g/mol. The molecular formula is C25H30N3O2. The van der Waals surface area contributed by atoms with Gasteiger partial charge in [0.1, 0.15) is 0 Å². The van der Waals surface area contributed by atoms with E-state index < -0.39 is 0 Å². The lowest BCUT2D eigenvalue weighted by Gasteiger charge is -2.38. The van der Waals surface area contributed by atoms with Crippen LogP contribution in [0.4, 0.5) is 0 Å². The minimum absolute atomic E-state index is 0.159. The minimum atomic E-state index is -0.387. The molecule has 0 unspecified atom stereocenters. The molecule has 157 valence electrons. The monoisotopic (exact) mass is 404 g/mol. The second-order valence-electron chi connectivity index (χ2n) is 8.53. The fourth-order valence-electron chi connectivity index (χ4n) is 4.82. The first-order chi connectivity index (χ1) is 14.6. The van der Waals surface area contributed by atoms with Crippen LogP contribution in [-0.4, -0.2) is 47.8 Å². The summed E-state index contributed by atoms with van der Waals surface area (Å²) in [6.07, 6.45) is 5.81. The van der Waals surface area contributed by atoms with Crippen LogP contribution in [0.3, 0.4) is 0 Å². The molecule has 30 heavy (non-hydrogen) atoms. The molecule has 2 saturated heterocycles. The SMILES string of the molecule is NC(=O)c1ccccc1[CH]CCN1CCC2(CC1)CCN(Cc1ccccc1)C2=O. The molecule has 2 heterocycles. The topological polar surface area (TPSA) is 66.6 Å². The van der Waals surface area contributed by atoms with Crippen molar-refractivity contribution in [3.8, 4) is 0 Å². The molecule has 0 aromatic heterocycles. The van der Waals surface area contributed by atoms with Gasteiger partial charge in [0.25, 0.3) is 0 Å². The summed E-state index contributed by atoms with van der Waals surface area (Å²) >= 11 is 0. The highest BCUT2D eigenvalue weighted by Crippen LogP contribution is 2.42. The van der Waals surface area contributed by atoms with Gasteiger partial charge in [-0.25, -0.2) is 0 Å². The maximum Gasteiger partial charge on any atom is 0.248 e. The summed E-state index contributed by atoms with van der Waals surface area (Å²) in [5, 5.41) is 0. The maximum atomic E-state index is 13.2. The number of benzene rings is 2. The standard InChI is InChI=1S/C25H30N3O2/c26-23(29)22-11-5-4-9-21(22)10-6-15-27-16-12-25(13-17-27)14-18-28(24(25)30)19-20-7-2-1-3-8-20/h1-5,7-11H,6,12-19H2,(H2,26,29). The first-order valence-electron chi connectivity index (χ1n) is 10.9. The van der Waals surface area contributed by atoms with Gasteiger partial charge in [-0.3, -0.25) is 9.59 Å². The molecule has 2 aliphatic rings. The van der Waals surface area contributed by atoms with E-state index in [4.69, 9.17) is 5.73 Å². The van der Waals surface area contributed by atoms with E-state index in [2.05, 4.69) is 23.5 Å². The number of carbonyl (C=O) groups is 2. The van der Waals surface area contributed by atoms with Crippen LogP contribution in [0.5, 0.6) is 0 Å². The largest absolute Gasteiger partial charge is 0.366 e. The molecule has 2 fully saturated rings. The number of likely N-dealkylation sites (tertiary alicyclic amines) is 2. The van der Waals surface area contributed by atoms with Crippen LogP contribution in [0.1, 0.15) is 47.2 Å². The van der Waals surface area contributed by atoms with Crippen molar-refractivity contribution in [2.24, 2.45) is 11.1 Å². The quantitative estimate of drug-likeness (QED) is 0.770. The van der Waals surface area contributed by atoms with E-state index in [1.54, 1.807) is 6.07 Å². The van der Waals surface area contributed by atoms with Crippen molar-refractivity contribution >= 4 is 11.8 Å². The van der Waals surface area contributed by atoms with Crippen LogP contribution in [-0.2, 0) is 11.3 Å². The third-order valence-electron chi connectivity index (χ3n) is 6.67. The molecule has 2 aromatic rings. The second-order valence-corrected chi connectivity index (χ2v) is 8.53. The number of amides is 2. The molecule has 2 amide bonds. The van der Waals surface area contributed by atoms with Crippen LogP contribution in [0.25, 0.3) is 0 Å². The van der Waals surface area contributed by atoms with Crippen molar-refractivity contribution < 1.29 is 9.59 Å². The highest BCUT2D eigenvalue weighted by molar-refractivity contribution is 5.94. The highest BCUT2D eigenvalue weighted by Gasteiger charge is 2.47. The number of nitrogens with zero attached hydrogens (tertiary/aromatic N) is 2. The first-order valence-corrected chi connectivity index (χ1v) is 10.9. The van der Waals surface area contributed by atoms with Gasteiger partial charge in [-0.2, -0.15) is 0 Å². The van der Waals surface area contributed by atoms with E-state index in [0.29, 0.717) is 11.5 Å². The third-order valence-corrected chi connectivity index (χ3v) is 6.67. The van der Waals surface area contributed by atoms with Crippen LogP contribution >= 0.6 is 0 Å². The maximum absolute atomic E-state index is 13.2. The van der Waals surface area contributed by atoms with E-state index >= 15 is 0 Å². The Bertz CT molecular complexity index is 888. The zero-order valence-corrected chi connectivity index (χ0v) is 17.4. The molecule has 1 spiro atoms. The molecule has 2 aromatic carbocycles. The summed E-state index contributed by atoms with van der Waals surface area (Å²) in [5.74, 6) is -0.0467. The van der Waals surface area contributed by atoms with Gasteiger partial charge in [-0.1, -0.05) is 48.5 Å². The number of carbonyl (C=O) groups excluding carboxylic acids is 2. The number of primary amides is 1. The Morgan fingerprint density at radius 3 is 2.37 bits per heavy atom. The Labute approximate surface area is 178 Å². The van der Waals surface area contributed by atoms with Crippen LogP contribution in [0, 0.1) is 11.8 Å². The fraction of sp³-hybridized carbons (Fsp3) is 0.400. The van der Waals surface area contributed by atoms with Gasteiger partial charge in [-0.15, -0.1) is 0 Å². The molecule has 1 radical (unpaired) electrons. The Kier molecular flexibility index (Phi) is 6.18. The van der Waals surface area contributed by atoms with Crippen LogP contribution in [0.2, 0.25) is 0 Å². The molecule has 0 aliphatic carbocycles. The smallest absolute Gasteiger partial charge is 0.248 e. The summed E-state index contributed by atoms with van der Waals surface area (Å²) in [6, 6.07) is 17.7. The molecule has 0 bridgehead atoms. The van der Waals surface area contributed by atoms with Crippen molar-refractivity contribution in [1.29, 1.82) is 0 Å². The van der Waals surface area contributed by atoms with E-state index in [1.807, 2.05) is 41.3 Å². The van der Waals surface area contributed by atoms with E-state index in [0.717, 1.165) is 64.0 Å². The summed E-state index contributed by atoms with van der Waals surface area (Å²) in [4.78, 5) is 29.2. The molecular weight excluding hydrogens is 374 g/mol. The normalized spacial score (nSPS) is 18.8. The van der Waals surface area contributed by atoms with E-state index in [-0.39, 0.29) is 11.3 Å². The van der Waals surface area contributed by atoms with Gasteiger partial charge in [0.05, 0.1) is 5.41 Å². The molecule has 5 nitrogen and oxygen atoms in total. The van der Waals surface area contributed by atoms with Gasteiger partial charge >= 0.3 is 0 Å². The molecule has 5 heteroatoms. The number of piperidine rings is 1. The summed E-state index contributed by atoms with van der Waals surface area (Å²) in [7, 11) is 0. The predicted molar refractivity (Wildman–Crippen MR) is 118 cm³/mol. The lowest BCUT2D eigenvalue weighted by molar-refractivity contribution is -0.138. The number of nitrogens with two attached hydrogens (primary N) is 1. The Hall–Kier alpha value is -2.66. The van der Waals surface area contributed by atoms with Crippen molar-refractivity contribution in [1.82, 2.24) is 9.80 Å². The molecule has 0 atom stereocenters. The first kappa shape index (κ1) is 20.6. The minimum Gasteiger partial charge on any atom is -0.366 e. The Balaban J connectivity index is 1.26. The number of hydrogen-bond donors (Lipinski definition) is 1. The Morgan fingerprint density at radius 2 is 1.63 bits per heavy atom. The van der Waals surface area contributed by atoms with E-state index in [1.165, 1.54) is 5.56 Å². The van der Waals surface area contributed by atoms with Gasteiger partial charge in [-0.05, 0) is 68.9 Å². The summed E-state index contributed by atoms with van der Waals surface area (Å²) < 4.78 is 0. The highest BCUT2D eigenvalue weighted by atomic mass is 16.2. The van der Waals surface area contributed by atoms with Crippen LogP contribution < -0.4 is 5.73 Å².